The first kappa shape index (κ1) is 44.7. The molecule has 4 aliphatic carbocycles. The molecule has 2 heterocycles. The van der Waals surface area contributed by atoms with E-state index in [-0.39, 0.29) is 34.5 Å². The van der Waals surface area contributed by atoms with Gasteiger partial charge in [-0.25, -0.2) is 0 Å². The first-order valence-corrected chi connectivity index (χ1v) is 21.0. The van der Waals surface area contributed by atoms with Gasteiger partial charge in [-0.3, -0.25) is 0 Å². The van der Waals surface area contributed by atoms with Crippen molar-refractivity contribution in [2.24, 2.45) is 45.3 Å². The highest BCUT2D eigenvalue weighted by Gasteiger charge is 2.73. The molecule has 324 valence electrons. The van der Waals surface area contributed by atoms with E-state index in [0.717, 1.165) is 19.3 Å². The lowest BCUT2D eigenvalue weighted by Gasteiger charge is -2.71. The van der Waals surface area contributed by atoms with Crippen molar-refractivity contribution in [2.45, 2.75) is 192 Å². The Kier molecular flexibility index (Phi) is 12.7. The first-order valence-electron chi connectivity index (χ1n) is 21.0. The standard InChI is InChI=1S/C42H72O14/c1-20(2)10-9-13-42(8,52)21-11-15-40(6)28(21)22(45)16-26-39(5)14-12-27(38(3,4)35(39)23(46)17-41(26,40)7)55-37-34(32(50)30(48)25(19-44)54-37)56-36-33(51)31(49)29(47)24(18-43)53-36/h10,21-37,43-52H,9,11-19H2,1-8H3/t21-,22+,23-,24+,25+,26+,27-,28?,29+,30+,31-,32-,33+,34+,35?,36-,37-,39+,40+,41+,42?/m0/s1. The summed E-state index contributed by atoms with van der Waals surface area (Å²) in [5.74, 6) is -0.422. The van der Waals surface area contributed by atoms with E-state index < -0.39 is 109 Å². The highest BCUT2D eigenvalue weighted by atomic mass is 16.8. The quantitative estimate of drug-likeness (QED) is 0.110. The Bertz CT molecular complexity index is 1400. The average Bonchev–Trinajstić information content (AvgIpc) is 3.50. The molecule has 2 saturated heterocycles. The molecule has 0 aromatic heterocycles. The highest BCUT2D eigenvalue weighted by Crippen LogP contribution is 2.76. The molecule has 0 spiro atoms. The van der Waals surface area contributed by atoms with E-state index in [1.54, 1.807) is 0 Å². The third-order valence-corrected chi connectivity index (χ3v) is 16.5. The van der Waals surface area contributed by atoms with Gasteiger partial charge in [0.25, 0.3) is 0 Å². The van der Waals surface area contributed by atoms with Crippen LogP contribution in [0.3, 0.4) is 0 Å². The Labute approximate surface area is 331 Å². The lowest BCUT2D eigenvalue weighted by Crippen LogP contribution is -2.70. The smallest absolute Gasteiger partial charge is 0.187 e. The van der Waals surface area contributed by atoms with Gasteiger partial charge in [-0.1, -0.05) is 46.3 Å². The van der Waals surface area contributed by atoms with Crippen molar-refractivity contribution >= 4 is 0 Å². The van der Waals surface area contributed by atoms with Crippen molar-refractivity contribution in [3.8, 4) is 0 Å². The van der Waals surface area contributed by atoms with Crippen LogP contribution in [-0.2, 0) is 18.9 Å². The van der Waals surface area contributed by atoms with E-state index in [1.165, 1.54) is 5.57 Å². The maximum Gasteiger partial charge on any atom is 0.187 e. The number of rotatable bonds is 10. The van der Waals surface area contributed by atoms with Crippen LogP contribution < -0.4 is 0 Å². The predicted molar refractivity (Wildman–Crippen MR) is 202 cm³/mol. The van der Waals surface area contributed by atoms with Crippen molar-refractivity contribution in [1.29, 1.82) is 0 Å². The Balaban J connectivity index is 1.25. The molecule has 6 rings (SSSR count). The van der Waals surface area contributed by atoms with E-state index in [2.05, 4.69) is 40.7 Å². The normalized spacial score (nSPS) is 52.6. The molecule has 21 atom stereocenters. The molecule has 0 aromatic carbocycles. The summed E-state index contributed by atoms with van der Waals surface area (Å²) in [4.78, 5) is 0. The van der Waals surface area contributed by atoms with Crippen LogP contribution in [0.4, 0.5) is 0 Å². The molecule has 56 heavy (non-hydrogen) atoms. The van der Waals surface area contributed by atoms with Crippen LogP contribution in [0.2, 0.25) is 0 Å². The van der Waals surface area contributed by atoms with Crippen LogP contribution in [0.5, 0.6) is 0 Å². The minimum absolute atomic E-state index is 0.0539. The topological polar surface area (TPSA) is 239 Å². The number of ether oxygens (including phenoxy) is 4. The summed E-state index contributed by atoms with van der Waals surface area (Å²) in [7, 11) is 0. The van der Waals surface area contributed by atoms with Crippen LogP contribution in [-0.4, -0.2) is 150 Å². The second-order valence-electron chi connectivity index (χ2n) is 20.3. The van der Waals surface area contributed by atoms with Crippen LogP contribution in [0.25, 0.3) is 0 Å². The van der Waals surface area contributed by atoms with Crippen LogP contribution in [0.1, 0.15) is 107 Å². The number of fused-ring (bicyclic) bond motifs is 5. The predicted octanol–water partition coefficient (Wildman–Crippen LogP) is 1.12. The molecule has 6 aliphatic rings. The van der Waals surface area contributed by atoms with Gasteiger partial charge in [-0.15, -0.1) is 0 Å². The summed E-state index contributed by atoms with van der Waals surface area (Å²) in [6.07, 6.45) is -10.1. The third-order valence-electron chi connectivity index (χ3n) is 16.5. The Morgan fingerprint density at radius 3 is 1.96 bits per heavy atom. The average molecular weight is 801 g/mol. The monoisotopic (exact) mass is 800 g/mol. The lowest BCUT2D eigenvalue weighted by atomic mass is 9.34. The van der Waals surface area contributed by atoms with Crippen molar-refractivity contribution in [3.63, 3.8) is 0 Å². The molecule has 0 radical (unpaired) electrons. The fraction of sp³-hybridized carbons (Fsp3) is 0.952. The summed E-state index contributed by atoms with van der Waals surface area (Å²) < 4.78 is 24.2. The second-order valence-corrected chi connectivity index (χ2v) is 20.3. The maximum absolute atomic E-state index is 12.4. The van der Waals surface area contributed by atoms with Gasteiger partial charge in [0.15, 0.2) is 12.6 Å². The van der Waals surface area contributed by atoms with Crippen LogP contribution >= 0.6 is 0 Å². The SMILES string of the molecule is CC(C)=CCCC(C)(O)[C@H]1CC[C@]2(C)C1[C@H](O)C[C@@H]1[C@@]3(C)CC[C@H](O[C@@H]4O[C@H](CO)[C@@H](O)[C@H](O)[C@H]4O[C@@H]4O[C@H](CO)[C@@H](O)[C@H](O)[C@H]4O)C(C)(C)C3[C@@H](O)C[C@]12C. The van der Waals surface area contributed by atoms with Crippen LogP contribution in [0, 0.1) is 45.3 Å². The Hall–Kier alpha value is -0.820. The zero-order valence-electron chi connectivity index (χ0n) is 34.6. The molecule has 6 fully saturated rings. The van der Waals surface area contributed by atoms with E-state index in [1.807, 2.05) is 20.8 Å². The molecule has 0 bridgehead atoms. The van der Waals surface area contributed by atoms with Crippen LogP contribution in [0.15, 0.2) is 11.6 Å². The third kappa shape index (κ3) is 7.16. The molecule has 3 unspecified atom stereocenters. The number of allylic oxidation sites excluding steroid dienone is 2. The molecule has 10 N–H and O–H groups in total. The van der Waals surface area contributed by atoms with Gasteiger partial charge in [0, 0.05) is 0 Å². The minimum atomic E-state index is -1.79. The molecule has 0 aromatic rings. The molecule has 2 aliphatic heterocycles. The fourth-order valence-corrected chi connectivity index (χ4v) is 13.5. The van der Waals surface area contributed by atoms with Crippen molar-refractivity contribution < 1.29 is 70.0 Å². The summed E-state index contributed by atoms with van der Waals surface area (Å²) in [5.41, 5.74) is -1.52. The molecule has 0 amide bonds. The van der Waals surface area contributed by atoms with Gasteiger partial charge in [-0.05, 0) is 117 Å². The van der Waals surface area contributed by atoms with Gasteiger partial charge in [0.2, 0.25) is 0 Å². The molecular weight excluding hydrogens is 728 g/mol. The zero-order chi connectivity index (χ0) is 41.5. The number of hydrogen-bond acceptors (Lipinski definition) is 14. The van der Waals surface area contributed by atoms with Crippen molar-refractivity contribution in [1.82, 2.24) is 0 Å². The van der Waals surface area contributed by atoms with E-state index in [9.17, 15) is 51.1 Å². The summed E-state index contributed by atoms with van der Waals surface area (Å²) in [6.45, 7) is 15.6. The van der Waals surface area contributed by atoms with Gasteiger partial charge < -0.3 is 70.0 Å². The molecule has 4 saturated carbocycles. The fourth-order valence-electron chi connectivity index (χ4n) is 13.5. The first-order chi connectivity index (χ1) is 26.0. The summed E-state index contributed by atoms with van der Waals surface area (Å²) >= 11 is 0. The highest BCUT2D eigenvalue weighted by molar-refractivity contribution is 5.22. The Morgan fingerprint density at radius 1 is 0.750 bits per heavy atom. The number of hydrogen-bond donors (Lipinski definition) is 10. The van der Waals surface area contributed by atoms with Gasteiger partial charge in [0.1, 0.15) is 48.8 Å². The molecule has 14 nitrogen and oxygen atoms in total. The van der Waals surface area contributed by atoms with Crippen molar-refractivity contribution in [3.05, 3.63) is 11.6 Å². The minimum Gasteiger partial charge on any atom is -0.394 e. The maximum atomic E-state index is 12.4. The van der Waals surface area contributed by atoms with Gasteiger partial charge in [-0.2, -0.15) is 0 Å². The van der Waals surface area contributed by atoms with E-state index in [4.69, 9.17) is 18.9 Å². The molecular formula is C42H72O14. The molecule has 14 heteroatoms. The Morgan fingerprint density at radius 2 is 1.36 bits per heavy atom. The summed E-state index contributed by atoms with van der Waals surface area (Å²) in [5, 5.41) is 110. The van der Waals surface area contributed by atoms with Gasteiger partial charge >= 0.3 is 0 Å². The largest absolute Gasteiger partial charge is 0.394 e. The van der Waals surface area contributed by atoms with Crippen molar-refractivity contribution in [2.75, 3.05) is 13.2 Å². The number of aliphatic hydroxyl groups is 10. The lowest BCUT2D eigenvalue weighted by molar-refractivity contribution is -0.380. The van der Waals surface area contributed by atoms with E-state index in [0.29, 0.717) is 32.1 Å². The summed E-state index contributed by atoms with van der Waals surface area (Å²) in [6, 6.07) is 0. The second kappa shape index (κ2) is 15.9. The van der Waals surface area contributed by atoms with Gasteiger partial charge in [0.05, 0.1) is 37.1 Å². The van der Waals surface area contributed by atoms with E-state index >= 15 is 0 Å². The number of aliphatic hydroxyl groups excluding tert-OH is 9. The zero-order valence-corrected chi connectivity index (χ0v) is 34.6.